The number of benzene rings is 2. The number of hydrogen-bond donors (Lipinski definition) is 0. The van der Waals surface area contributed by atoms with Crippen LogP contribution in [0.2, 0.25) is 0 Å². The number of hydrogen-bond acceptors (Lipinski definition) is 5. The summed E-state index contributed by atoms with van der Waals surface area (Å²) in [4.78, 5) is 0. The Hall–Kier alpha value is -2.79. The molecule has 1 aromatic heterocycles. The molecule has 0 saturated heterocycles. The molecule has 2 aliphatic heterocycles. The van der Waals surface area contributed by atoms with Crippen molar-refractivity contribution < 1.29 is 9.47 Å². The molecule has 3 aromatic rings. The minimum absolute atomic E-state index is 0.196. The van der Waals surface area contributed by atoms with E-state index in [1.54, 1.807) is 18.4 Å². The highest BCUT2D eigenvalue weighted by Gasteiger charge is 2.40. The maximum absolute atomic E-state index is 6.35. The Morgan fingerprint density at radius 3 is 2.73 bits per heavy atom. The zero-order valence-electron chi connectivity index (χ0n) is 14.3. The highest BCUT2D eigenvalue weighted by Crippen LogP contribution is 2.47. The summed E-state index contributed by atoms with van der Waals surface area (Å²) < 4.78 is 11.6. The van der Waals surface area contributed by atoms with Crippen LogP contribution >= 0.6 is 11.3 Å². The molecule has 0 saturated carbocycles. The first kappa shape index (κ1) is 15.5. The minimum atomic E-state index is -0.239. The van der Waals surface area contributed by atoms with Gasteiger partial charge in [0.15, 0.2) is 0 Å². The second-order valence-corrected chi connectivity index (χ2v) is 7.22. The van der Waals surface area contributed by atoms with Gasteiger partial charge in [0, 0.05) is 23.1 Å². The number of thiophene rings is 1. The van der Waals surface area contributed by atoms with E-state index in [2.05, 4.69) is 34.0 Å². The molecule has 0 bridgehead atoms. The number of para-hydroxylation sites is 1. The third-order valence-electron chi connectivity index (χ3n) is 4.95. The number of rotatable bonds is 3. The summed E-state index contributed by atoms with van der Waals surface area (Å²) in [6, 6.07) is 18.6. The fourth-order valence-electron chi connectivity index (χ4n) is 3.63. The van der Waals surface area contributed by atoms with E-state index >= 15 is 0 Å². The van der Waals surface area contributed by atoms with Crippen LogP contribution in [0, 0.1) is 0 Å². The normalized spacial score (nSPS) is 20.8. The molecule has 0 unspecified atom stereocenters. The second kappa shape index (κ2) is 6.18. The van der Waals surface area contributed by atoms with Gasteiger partial charge >= 0.3 is 0 Å². The van der Waals surface area contributed by atoms with E-state index in [0.29, 0.717) is 0 Å². The summed E-state index contributed by atoms with van der Waals surface area (Å²) in [7, 11) is 1.68. The number of nitrogens with zero attached hydrogens (tertiary/aromatic N) is 2. The summed E-state index contributed by atoms with van der Waals surface area (Å²) in [6.07, 6.45) is 0.654. The van der Waals surface area contributed by atoms with E-state index in [4.69, 9.17) is 14.6 Å². The topological polar surface area (TPSA) is 34.1 Å². The smallest absolute Gasteiger partial charge is 0.213 e. The summed E-state index contributed by atoms with van der Waals surface area (Å²) in [6.45, 7) is 0. The number of fused-ring (bicyclic) bond motifs is 3. The van der Waals surface area contributed by atoms with Crippen LogP contribution in [0.3, 0.4) is 0 Å². The van der Waals surface area contributed by atoms with Crippen molar-refractivity contribution in [3.05, 3.63) is 82.0 Å². The van der Waals surface area contributed by atoms with Gasteiger partial charge < -0.3 is 9.47 Å². The van der Waals surface area contributed by atoms with Crippen LogP contribution in [0.25, 0.3) is 0 Å². The molecule has 2 atom stereocenters. The standard InChI is InChI=1S/C21H18N2O2S/c1-24-16-8-6-14(7-9-16)21-23-19(17-4-2-3-5-20(17)25-21)12-18(22-23)15-10-11-26-13-15/h2-11,13,19,21H,12H2,1H3/t19-,21-/m0/s1. The maximum Gasteiger partial charge on any atom is 0.213 e. The lowest BCUT2D eigenvalue weighted by Crippen LogP contribution is -2.33. The van der Waals surface area contributed by atoms with Gasteiger partial charge in [-0.25, -0.2) is 5.01 Å². The number of ether oxygens (including phenoxy) is 2. The van der Waals surface area contributed by atoms with Crippen molar-refractivity contribution in [1.29, 1.82) is 0 Å². The van der Waals surface area contributed by atoms with E-state index < -0.39 is 0 Å². The van der Waals surface area contributed by atoms with Gasteiger partial charge in [-0.1, -0.05) is 18.2 Å². The third-order valence-corrected chi connectivity index (χ3v) is 5.64. The average Bonchev–Trinajstić information content (AvgIpc) is 3.37. The fraction of sp³-hybridized carbons (Fsp3) is 0.190. The van der Waals surface area contributed by atoms with Crippen LogP contribution in [0.4, 0.5) is 0 Å². The van der Waals surface area contributed by atoms with Gasteiger partial charge in [-0.05, 0) is 47.2 Å². The molecule has 0 N–H and O–H groups in total. The van der Waals surface area contributed by atoms with E-state index in [0.717, 1.165) is 29.2 Å². The number of methoxy groups -OCH3 is 1. The first-order valence-corrected chi connectivity index (χ1v) is 9.55. The van der Waals surface area contributed by atoms with Crippen LogP contribution in [-0.4, -0.2) is 17.8 Å². The third kappa shape index (κ3) is 2.47. The molecule has 3 heterocycles. The first-order chi connectivity index (χ1) is 12.8. The highest BCUT2D eigenvalue weighted by atomic mass is 32.1. The van der Waals surface area contributed by atoms with Gasteiger partial charge in [0.2, 0.25) is 6.23 Å². The van der Waals surface area contributed by atoms with Crippen molar-refractivity contribution in [3.63, 3.8) is 0 Å². The molecule has 5 rings (SSSR count). The van der Waals surface area contributed by atoms with E-state index in [1.165, 1.54) is 11.1 Å². The average molecular weight is 362 g/mol. The lowest BCUT2D eigenvalue weighted by Gasteiger charge is -2.38. The molecule has 0 spiro atoms. The van der Waals surface area contributed by atoms with Gasteiger partial charge in [0.05, 0.1) is 18.9 Å². The van der Waals surface area contributed by atoms with E-state index in [-0.39, 0.29) is 12.3 Å². The molecule has 0 amide bonds. The van der Waals surface area contributed by atoms with Gasteiger partial charge in [0.25, 0.3) is 0 Å². The quantitative estimate of drug-likeness (QED) is 0.658. The predicted octanol–water partition coefficient (Wildman–Crippen LogP) is 5.00. The van der Waals surface area contributed by atoms with Crippen LogP contribution in [0.1, 0.15) is 35.4 Å². The Balaban J connectivity index is 1.58. The molecule has 0 radical (unpaired) electrons. The SMILES string of the molecule is COc1ccc([C@@H]2Oc3ccccc3[C@@H]3CC(c4ccsc4)=NN32)cc1. The number of hydrazone groups is 1. The van der Waals surface area contributed by atoms with Crippen LogP contribution in [0.15, 0.2) is 70.5 Å². The molecule has 0 fully saturated rings. The molecule has 0 aliphatic carbocycles. The van der Waals surface area contributed by atoms with Crippen LogP contribution in [0.5, 0.6) is 11.5 Å². The zero-order valence-corrected chi connectivity index (χ0v) is 15.1. The van der Waals surface area contributed by atoms with Crippen molar-refractivity contribution in [2.75, 3.05) is 7.11 Å². The van der Waals surface area contributed by atoms with E-state index in [1.807, 2.05) is 36.4 Å². The largest absolute Gasteiger partial charge is 0.497 e. The van der Waals surface area contributed by atoms with Crippen molar-refractivity contribution in [2.45, 2.75) is 18.7 Å². The monoisotopic (exact) mass is 362 g/mol. The van der Waals surface area contributed by atoms with Gasteiger partial charge in [-0.2, -0.15) is 16.4 Å². The first-order valence-electron chi connectivity index (χ1n) is 8.61. The second-order valence-electron chi connectivity index (χ2n) is 6.44. The summed E-state index contributed by atoms with van der Waals surface area (Å²) in [5, 5.41) is 11.3. The minimum Gasteiger partial charge on any atom is -0.497 e. The lowest BCUT2D eigenvalue weighted by atomic mass is 9.97. The van der Waals surface area contributed by atoms with E-state index in [9.17, 15) is 0 Å². The Labute approximate surface area is 156 Å². The molecule has 5 heteroatoms. The molecule has 26 heavy (non-hydrogen) atoms. The molecule has 2 aromatic carbocycles. The van der Waals surface area contributed by atoms with Gasteiger partial charge in [-0.3, -0.25) is 0 Å². The molecule has 4 nitrogen and oxygen atoms in total. The molecular formula is C21H18N2O2S. The maximum atomic E-state index is 6.35. The van der Waals surface area contributed by atoms with Gasteiger partial charge in [0.1, 0.15) is 11.5 Å². The van der Waals surface area contributed by atoms with Crippen molar-refractivity contribution in [1.82, 2.24) is 5.01 Å². The lowest BCUT2D eigenvalue weighted by molar-refractivity contribution is -0.0190. The van der Waals surface area contributed by atoms with Crippen LogP contribution < -0.4 is 9.47 Å². The van der Waals surface area contributed by atoms with Crippen molar-refractivity contribution in [3.8, 4) is 11.5 Å². The Bertz CT molecular complexity index is 950. The highest BCUT2D eigenvalue weighted by molar-refractivity contribution is 7.08. The molecule has 130 valence electrons. The molecular weight excluding hydrogens is 344 g/mol. The van der Waals surface area contributed by atoms with Crippen molar-refractivity contribution >= 4 is 17.0 Å². The Kier molecular flexibility index (Phi) is 3.68. The van der Waals surface area contributed by atoms with Crippen LogP contribution in [-0.2, 0) is 0 Å². The Morgan fingerprint density at radius 2 is 1.96 bits per heavy atom. The Morgan fingerprint density at radius 1 is 1.12 bits per heavy atom. The zero-order chi connectivity index (χ0) is 17.5. The summed E-state index contributed by atoms with van der Waals surface area (Å²) in [5.74, 6) is 1.78. The summed E-state index contributed by atoms with van der Waals surface area (Å²) in [5.41, 5.74) is 4.59. The van der Waals surface area contributed by atoms with Gasteiger partial charge in [-0.15, -0.1) is 0 Å². The predicted molar refractivity (Wildman–Crippen MR) is 103 cm³/mol. The fourth-order valence-corrected chi connectivity index (χ4v) is 4.29. The molecule has 2 aliphatic rings. The summed E-state index contributed by atoms with van der Waals surface area (Å²) >= 11 is 1.70. The van der Waals surface area contributed by atoms with Crippen molar-refractivity contribution in [2.24, 2.45) is 5.10 Å².